The SMILES string of the molecule is O=C([C@H]1CNCCO1)N(Cc1cccs1)c1ccc2c(c1)OCCO2. The zero-order valence-electron chi connectivity index (χ0n) is 13.8. The Balaban J connectivity index is 1.63. The second-order valence-corrected chi connectivity index (χ2v) is 6.93. The molecule has 1 N–H and O–H groups in total. The number of carbonyl (C=O) groups excluding carboxylic acids is 1. The molecule has 0 saturated carbocycles. The first-order valence-electron chi connectivity index (χ1n) is 8.37. The summed E-state index contributed by atoms with van der Waals surface area (Å²) >= 11 is 1.63. The topological polar surface area (TPSA) is 60.0 Å². The van der Waals surface area contributed by atoms with Gasteiger partial charge in [0.1, 0.15) is 19.3 Å². The van der Waals surface area contributed by atoms with Crippen LogP contribution in [-0.4, -0.2) is 44.9 Å². The lowest BCUT2D eigenvalue weighted by Crippen LogP contribution is -2.49. The third kappa shape index (κ3) is 3.63. The van der Waals surface area contributed by atoms with E-state index in [1.165, 1.54) is 0 Å². The van der Waals surface area contributed by atoms with Crippen molar-refractivity contribution in [1.29, 1.82) is 0 Å². The van der Waals surface area contributed by atoms with Gasteiger partial charge in [0.25, 0.3) is 5.91 Å². The molecular formula is C18H20N2O4S. The van der Waals surface area contributed by atoms with Crippen molar-refractivity contribution < 1.29 is 19.0 Å². The summed E-state index contributed by atoms with van der Waals surface area (Å²) in [6, 6.07) is 9.65. The zero-order valence-corrected chi connectivity index (χ0v) is 14.6. The number of amides is 1. The van der Waals surface area contributed by atoms with E-state index < -0.39 is 6.10 Å². The predicted octanol–water partition coefficient (Wildman–Crippen LogP) is 2.04. The van der Waals surface area contributed by atoms with Gasteiger partial charge in [-0.3, -0.25) is 4.79 Å². The second-order valence-electron chi connectivity index (χ2n) is 5.90. The fraction of sp³-hybridized carbons (Fsp3) is 0.389. The summed E-state index contributed by atoms with van der Waals surface area (Å²) in [6.07, 6.45) is -0.470. The van der Waals surface area contributed by atoms with Crippen LogP contribution < -0.4 is 19.7 Å². The molecule has 0 radical (unpaired) electrons. The normalized spacial score (nSPS) is 19.4. The van der Waals surface area contributed by atoms with E-state index in [0.29, 0.717) is 44.4 Å². The molecule has 1 saturated heterocycles. The average molecular weight is 360 g/mol. The van der Waals surface area contributed by atoms with Crippen molar-refractivity contribution in [3.63, 3.8) is 0 Å². The number of anilines is 1. The summed E-state index contributed by atoms with van der Waals surface area (Å²) in [6.45, 7) is 3.43. The molecule has 0 spiro atoms. The molecule has 0 bridgehead atoms. The summed E-state index contributed by atoms with van der Waals surface area (Å²) in [5, 5.41) is 5.23. The van der Waals surface area contributed by atoms with Gasteiger partial charge in [-0.15, -0.1) is 11.3 Å². The smallest absolute Gasteiger partial charge is 0.257 e. The van der Waals surface area contributed by atoms with E-state index in [0.717, 1.165) is 17.1 Å². The van der Waals surface area contributed by atoms with Gasteiger partial charge >= 0.3 is 0 Å². The molecular weight excluding hydrogens is 340 g/mol. The van der Waals surface area contributed by atoms with Gasteiger partial charge in [-0.2, -0.15) is 0 Å². The van der Waals surface area contributed by atoms with Crippen LogP contribution in [-0.2, 0) is 16.1 Å². The second kappa shape index (κ2) is 7.43. The van der Waals surface area contributed by atoms with Crippen molar-refractivity contribution in [3.8, 4) is 11.5 Å². The lowest BCUT2D eigenvalue weighted by Gasteiger charge is -2.30. The maximum atomic E-state index is 13.1. The minimum absolute atomic E-state index is 0.0442. The van der Waals surface area contributed by atoms with Crippen LogP contribution in [0.1, 0.15) is 4.88 Å². The van der Waals surface area contributed by atoms with Crippen LogP contribution in [0.4, 0.5) is 5.69 Å². The van der Waals surface area contributed by atoms with E-state index in [9.17, 15) is 4.79 Å². The Kier molecular flexibility index (Phi) is 4.87. The fourth-order valence-corrected chi connectivity index (χ4v) is 3.65. The molecule has 2 aliphatic heterocycles. The van der Waals surface area contributed by atoms with Crippen molar-refractivity contribution in [1.82, 2.24) is 5.32 Å². The Labute approximate surface area is 150 Å². The van der Waals surface area contributed by atoms with E-state index in [4.69, 9.17) is 14.2 Å². The molecule has 4 rings (SSSR count). The summed E-state index contributed by atoms with van der Waals surface area (Å²) in [5.41, 5.74) is 0.789. The number of nitrogens with zero attached hydrogens (tertiary/aromatic N) is 1. The molecule has 1 atom stereocenters. The van der Waals surface area contributed by atoms with E-state index in [1.807, 2.05) is 35.7 Å². The first kappa shape index (κ1) is 16.4. The summed E-state index contributed by atoms with van der Waals surface area (Å²) in [7, 11) is 0. The molecule has 1 aromatic carbocycles. The highest BCUT2D eigenvalue weighted by atomic mass is 32.1. The Morgan fingerprint density at radius 1 is 1.20 bits per heavy atom. The van der Waals surface area contributed by atoms with Crippen LogP contribution in [0.2, 0.25) is 0 Å². The Morgan fingerprint density at radius 3 is 2.84 bits per heavy atom. The summed E-state index contributed by atoms with van der Waals surface area (Å²) in [4.78, 5) is 16.0. The number of rotatable bonds is 4. The van der Waals surface area contributed by atoms with E-state index >= 15 is 0 Å². The average Bonchev–Trinajstić information content (AvgIpc) is 3.19. The molecule has 7 heteroatoms. The molecule has 3 heterocycles. The van der Waals surface area contributed by atoms with E-state index in [1.54, 1.807) is 16.2 Å². The standard InChI is InChI=1S/C18H20N2O4S/c21-18(17-11-19-5-6-22-17)20(12-14-2-1-9-25-14)13-3-4-15-16(10-13)24-8-7-23-15/h1-4,9-10,17,19H,5-8,11-12H2/t17-/m1/s1. The van der Waals surface area contributed by atoms with Gasteiger partial charge in [-0.1, -0.05) is 6.07 Å². The highest BCUT2D eigenvalue weighted by molar-refractivity contribution is 7.09. The number of nitrogens with one attached hydrogen (secondary N) is 1. The fourth-order valence-electron chi connectivity index (χ4n) is 2.95. The third-order valence-corrected chi connectivity index (χ3v) is 5.06. The minimum atomic E-state index is -0.470. The molecule has 1 aromatic heterocycles. The van der Waals surface area contributed by atoms with Crippen molar-refractivity contribution in [2.75, 3.05) is 37.8 Å². The van der Waals surface area contributed by atoms with Crippen LogP contribution in [0.3, 0.4) is 0 Å². The molecule has 25 heavy (non-hydrogen) atoms. The monoisotopic (exact) mass is 360 g/mol. The Hall–Kier alpha value is -2.09. The van der Waals surface area contributed by atoms with Crippen molar-refractivity contribution >= 4 is 22.9 Å². The molecule has 2 aliphatic rings. The van der Waals surface area contributed by atoms with Crippen LogP contribution in [0.25, 0.3) is 0 Å². The van der Waals surface area contributed by atoms with Gasteiger partial charge in [0.15, 0.2) is 11.5 Å². The van der Waals surface area contributed by atoms with Gasteiger partial charge < -0.3 is 24.4 Å². The first-order valence-corrected chi connectivity index (χ1v) is 9.25. The molecule has 1 fully saturated rings. The number of ether oxygens (including phenoxy) is 3. The number of hydrogen-bond donors (Lipinski definition) is 1. The van der Waals surface area contributed by atoms with Crippen LogP contribution in [0.15, 0.2) is 35.7 Å². The Morgan fingerprint density at radius 2 is 2.08 bits per heavy atom. The predicted molar refractivity (Wildman–Crippen MR) is 95.6 cm³/mol. The lowest BCUT2D eigenvalue weighted by molar-refractivity contribution is -0.131. The maximum Gasteiger partial charge on any atom is 0.257 e. The number of fused-ring (bicyclic) bond motifs is 1. The number of thiophene rings is 1. The van der Waals surface area contributed by atoms with Gasteiger partial charge in [0.05, 0.1) is 13.2 Å². The van der Waals surface area contributed by atoms with Crippen LogP contribution >= 0.6 is 11.3 Å². The van der Waals surface area contributed by atoms with E-state index in [-0.39, 0.29) is 5.91 Å². The van der Waals surface area contributed by atoms with Crippen LogP contribution in [0.5, 0.6) is 11.5 Å². The number of carbonyl (C=O) groups is 1. The van der Waals surface area contributed by atoms with Crippen LogP contribution in [0, 0.1) is 0 Å². The summed E-state index contributed by atoms with van der Waals surface area (Å²) in [5.74, 6) is 1.35. The quantitative estimate of drug-likeness (QED) is 0.904. The van der Waals surface area contributed by atoms with Gasteiger partial charge in [0.2, 0.25) is 0 Å². The molecule has 2 aromatic rings. The highest BCUT2D eigenvalue weighted by Gasteiger charge is 2.29. The molecule has 6 nitrogen and oxygen atoms in total. The molecule has 0 unspecified atom stereocenters. The van der Waals surface area contributed by atoms with Gasteiger partial charge in [-0.05, 0) is 23.6 Å². The summed E-state index contributed by atoms with van der Waals surface area (Å²) < 4.78 is 16.9. The highest BCUT2D eigenvalue weighted by Crippen LogP contribution is 2.35. The third-order valence-electron chi connectivity index (χ3n) is 4.20. The van der Waals surface area contributed by atoms with Crippen molar-refractivity contribution in [2.45, 2.75) is 12.6 Å². The van der Waals surface area contributed by atoms with Gasteiger partial charge in [-0.25, -0.2) is 0 Å². The van der Waals surface area contributed by atoms with Crippen molar-refractivity contribution in [3.05, 3.63) is 40.6 Å². The minimum Gasteiger partial charge on any atom is -0.486 e. The van der Waals surface area contributed by atoms with Gasteiger partial charge in [0, 0.05) is 29.7 Å². The Bertz CT molecular complexity index is 729. The molecule has 1 amide bonds. The largest absolute Gasteiger partial charge is 0.486 e. The number of hydrogen-bond acceptors (Lipinski definition) is 6. The lowest BCUT2D eigenvalue weighted by atomic mass is 10.2. The molecule has 132 valence electrons. The molecule has 0 aliphatic carbocycles. The number of morpholine rings is 1. The maximum absolute atomic E-state index is 13.1. The zero-order chi connectivity index (χ0) is 17.1. The van der Waals surface area contributed by atoms with Crippen molar-refractivity contribution in [2.24, 2.45) is 0 Å². The number of benzene rings is 1. The first-order chi connectivity index (χ1) is 12.3. The van der Waals surface area contributed by atoms with E-state index in [2.05, 4.69) is 5.32 Å².